The molecule has 0 radical (unpaired) electrons. The van der Waals surface area contributed by atoms with Crippen LogP contribution in [0.1, 0.15) is 6.42 Å². The second kappa shape index (κ2) is 7.36. The van der Waals surface area contributed by atoms with Crippen LogP contribution in [0.25, 0.3) is 22.3 Å². The molecule has 0 aliphatic rings. The lowest BCUT2D eigenvalue weighted by Crippen LogP contribution is -2.09. The normalized spacial score (nSPS) is 10.8. The molecule has 0 amide bonds. The fourth-order valence-corrected chi connectivity index (χ4v) is 2.51. The number of aromatic amines is 1. The number of nitrogens with one attached hydrogen (secondary N) is 1. The first-order valence-corrected chi connectivity index (χ1v) is 8.12. The molecule has 1 heterocycles. The van der Waals surface area contributed by atoms with E-state index < -0.39 is 0 Å². The lowest BCUT2D eigenvalue weighted by atomic mass is 10.1. The van der Waals surface area contributed by atoms with Crippen molar-refractivity contribution in [2.45, 2.75) is 6.42 Å². The van der Waals surface area contributed by atoms with Crippen molar-refractivity contribution in [1.82, 2.24) is 9.97 Å². The standard InChI is InChI=1S/C18H17ClN2O3/c1-23-15-8-7-12(11-16(15)24-10-4-9-19)17-20-14-6-3-2-5-13(14)18(22)21-17/h2-3,5-8,11H,4,9-10H2,1H3,(H,20,21,22). The van der Waals surface area contributed by atoms with Crippen LogP contribution in [0.4, 0.5) is 0 Å². The van der Waals surface area contributed by atoms with Crippen LogP contribution < -0.4 is 15.0 Å². The van der Waals surface area contributed by atoms with E-state index >= 15 is 0 Å². The molecular weight excluding hydrogens is 328 g/mol. The molecule has 3 rings (SSSR count). The maximum Gasteiger partial charge on any atom is 0.259 e. The summed E-state index contributed by atoms with van der Waals surface area (Å²) in [7, 11) is 1.58. The summed E-state index contributed by atoms with van der Waals surface area (Å²) in [5, 5.41) is 0.563. The van der Waals surface area contributed by atoms with Gasteiger partial charge in [-0.3, -0.25) is 4.79 Å². The number of methoxy groups -OCH3 is 1. The highest BCUT2D eigenvalue weighted by Crippen LogP contribution is 2.31. The highest BCUT2D eigenvalue weighted by Gasteiger charge is 2.10. The zero-order valence-corrected chi connectivity index (χ0v) is 14.0. The third kappa shape index (κ3) is 3.36. The van der Waals surface area contributed by atoms with E-state index in [2.05, 4.69) is 9.97 Å². The summed E-state index contributed by atoms with van der Waals surface area (Å²) in [5.74, 6) is 2.23. The van der Waals surface area contributed by atoms with Gasteiger partial charge in [-0.05, 0) is 36.8 Å². The molecule has 24 heavy (non-hydrogen) atoms. The molecule has 0 aliphatic heterocycles. The van der Waals surface area contributed by atoms with E-state index in [-0.39, 0.29) is 5.56 Å². The summed E-state index contributed by atoms with van der Waals surface area (Å²) in [6.45, 7) is 0.491. The third-order valence-corrected chi connectivity index (χ3v) is 3.85. The van der Waals surface area contributed by atoms with Crippen molar-refractivity contribution in [3.8, 4) is 22.9 Å². The Morgan fingerprint density at radius 2 is 2.00 bits per heavy atom. The number of aromatic nitrogens is 2. The Hall–Kier alpha value is -2.53. The summed E-state index contributed by atoms with van der Waals surface area (Å²) in [6.07, 6.45) is 0.736. The molecule has 0 bridgehead atoms. The molecule has 2 aromatic carbocycles. The number of para-hydroxylation sites is 1. The summed E-state index contributed by atoms with van der Waals surface area (Å²) < 4.78 is 11.0. The number of rotatable bonds is 6. The number of hydrogen-bond acceptors (Lipinski definition) is 4. The molecular formula is C18H17ClN2O3. The number of hydrogen-bond donors (Lipinski definition) is 1. The van der Waals surface area contributed by atoms with Crippen molar-refractivity contribution in [3.05, 3.63) is 52.8 Å². The molecule has 1 N–H and O–H groups in total. The minimum absolute atomic E-state index is 0.170. The van der Waals surface area contributed by atoms with Crippen LogP contribution in [-0.2, 0) is 0 Å². The van der Waals surface area contributed by atoms with E-state index in [1.807, 2.05) is 24.3 Å². The van der Waals surface area contributed by atoms with Crippen LogP contribution in [-0.4, -0.2) is 29.6 Å². The zero-order chi connectivity index (χ0) is 16.9. The van der Waals surface area contributed by atoms with Gasteiger partial charge < -0.3 is 14.5 Å². The second-order valence-corrected chi connectivity index (χ2v) is 5.57. The number of halogens is 1. The van der Waals surface area contributed by atoms with E-state index in [9.17, 15) is 4.79 Å². The van der Waals surface area contributed by atoms with Crippen LogP contribution in [0.5, 0.6) is 11.5 Å². The molecule has 1 aromatic heterocycles. The Morgan fingerprint density at radius 3 is 2.79 bits per heavy atom. The van der Waals surface area contributed by atoms with Crippen LogP contribution >= 0.6 is 11.6 Å². The van der Waals surface area contributed by atoms with Gasteiger partial charge in [0.15, 0.2) is 11.5 Å². The van der Waals surface area contributed by atoms with E-state index in [0.29, 0.717) is 40.7 Å². The van der Waals surface area contributed by atoms with Crippen LogP contribution in [0, 0.1) is 0 Å². The Morgan fingerprint density at radius 1 is 1.17 bits per heavy atom. The van der Waals surface area contributed by atoms with Gasteiger partial charge in [-0.1, -0.05) is 12.1 Å². The first-order chi connectivity index (χ1) is 11.7. The van der Waals surface area contributed by atoms with Gasteiger partial charge in [-0.15, -0.1) is 11.6 Å². The smallest absolute Gasteiger partial charge is 0.259 e. The van der Waals surface area contributed by atoms with Gasteiger partial charge in [0.25, 0.3) is 5.56 Å². The Bertz CT molecular complexity index is 908. The summed E-state index contributed by atoms with van der Waals surface area (Å²) in [5.41, 5.74) is 1.23. The summed E-state index contributed by atoms with van der Waals surface area (Å²) in [4.78, 5) is 19.6. The summed E-state index contributed by atoms with van der Waals surface area (Å²) in [6, 6.07) is 12.7. The molecule has 0 spiro atoms. The van der Waals surface area contributed by atoms with Crippen molar-refractivity contribution in [2.24, 2.45) is 0 Å². The number of alkyl halides is 1. The van der Waals surface area contributed by atoms with Crippen LogP contribution in [0.2, 0.25) is 0 Å². The fraction of sp³-hybridized carbons (Fsp3) is 0.222. The minimum atomic E-state index is -0.170. The number of ether oxygens (including phenoxy) is 2. The molecule has 124 valence electrons. The van der Waals surface area contributed by atoms with Gasteiger partial charge in [0.05, 0.1) is 24.6 Å². The van der Waals surface area contributed by atoms with Crippen LogP contribution in [0.3, 0.4) is 0 Å². The second-order valence-electron chi connectivity index (χ2n) is 5.19. The van der Waals surface area contributed by atoms with Gasteiger partial charge in [0.1, 0.15) is 5.82 Å². The highest BCUT2D eigenvalue weighted by molar-refractivity contribution is 6.17. The Balaban J connectivity index is 2.02. The highest BCUT2D eigenvalue weighted by atomic mass is 35.5. The van der Waals surface area contributed by atoms with Gasteiger partial charge >= 0.3 is 0 Å². The SMILES string of the molecule is COc1ccc(-c2nc3ccccc3c(=O)[nH]2)cc1OCCCCl. The minimum Gasteiger partial charge on any atom is -0.493 e. The largest absolute Gasteiger partial charge is 0.493 e. The Labute approximate surface area is 144 Å². The first kappa shape index (κ1) is 16.3. The maximum atomic E-state index is 12.2. The topological polar surface area (TPSA) is 64.2 Å². The molecule has 3 aromatic rings. The monoisotopic (exact) mass is 344 g/mol. The lowest BCUT2D eigenvalue weighted by molar-refractivity contribution is 0.295. The van der Waals surface area contributed by atoms with Gasteiger partial charge in [-0.2, -0.15) is 0 Å². The van der Waals surface area contributed by atoms with E-state index in [1.54, 1.807) is 25.3 Å². The molecule has 0 saturated heterocycles. The van der Waals surface area contributed by atoms with E-state index in [1.165, 1.54) is 0 Å². The van der Waals surface area contributed by atoms with Crippen molar-refractivity contribution in [1.29, 1.82) is 0 Å². The van der Waals surface area contributed by atoms with Crippen molar-refractivity contribution in [3.63, 3.8) is 0 Å². The van der Waals surface area contributed by atoms with Crippen LogP contribution in [0.15, 0.2) is 47.3 Å². The molecule has 0 aliphatic carbocycles. The predicted octanol–water partition coefficient (Wildman–Crippen LogP) is 3.61. The molecule has 0 atom stereocenters. The summed E-state index contributed by atoms with van der Waals surface area (Å²) >= 11 is 5.68. The molecule has 0 unspecified atom stereocenters. The fourth-order valence-electron chi connectivity index (χ4n) is 2.40. The quantitative estimate of drug-likeness (QED) is 0.548. The average molecular weight is 345 g/mol. The predicted molar refractivity (Wildman–Crippen MR) is 95.2 cm³/mol. The molecule has 5 nitrogen and oxygen atoms in total. The Kier molecular flexibility index (Phi) is 5.01. The van der Waals surface area contributed by atoms with Gasteiger partial charge in [0, 0.05) is 11.4 Å². The number of fused-ring (bicyclic) bond motifs is 1. The lowest BCUT2D eigenvalue weighted by Gasteiger charge is -2.12. The first-order valence-electron chi connectivity index (χ1n) is 7.59. The van der Waals surface area contributed by atoms with E-state index in [4.69, 9.17) is 21.1 Å². The molecule has 0 saturated carbocycles. The van der Waals surface area contributed by atoms with Crippen molar-refractivity contribution < 1.29 is 9.47 Å². The number of benzene rings is 2. The third-order valence-electron chi connectivity index (χ3n) is 3.59. The molecule has 0 fully saturated rings. The number of nitrogens with zero attached hydrogens (tertiary/aromatic N) is 1. The zero-order valence-electron chi connectivity index (χ0n) is 13.2. The van der Waals surface area contributed by atoms with Crippen molar-refractivity contribution in [2.75, 3.05) is 19.6 Å². The van der Waals surface area contributed by atoms with Crippen molar-refractivity contribution >= 4 is 22.5 Å². The average Bonchev–Trinajstić information content (AvgIpc) is 2.62. The molecule has 6 heteroatoms. The van der Waals surface area contributed by atoms with Gasteiger partial charge in [0.2, 0.25) is 0 Å². The maximum absolute atomic E-state index is 12.2. The number of H-pyrrole nitrogens is 1. The van der Waals surface area contributed by atoms with Gasteiger partial charge in [-0.25, -0.2) is 4.98 Å². The van der Waals surface area contributed by atoms with E-state index in [0.717, 1.165) is 12.0 Å².